The highest BCUT2D eigenvalue weighted by Gasteiger charge is 2.21. The second-order valence-corrected chi connectivity index (χ2v) is 16.7. The van der Waals surface area contributed by atoms with Gasteiger partial charge in [-0.3, -0.25) is 14.2 Å². The fourth-order valence-electron chi connectivity index (χ4n) is 5.02. The first-order valence-corrected chi connectivity index (χ1v) is 23.7. The molecular weight excluding hydrogens is 774 g/mol. The number of hydrogen-bond donors (Lipinski definition) is 0. The Bertz CT molecular complexity index is 1430. The Balaban J connectivity index is 4.61. The van der Waals surface area contributed by atoms with Gasteiger partial charge in [0.15, 0.2) is 6.10 Å². The average Bonchev–Trinajstić information content (AvgIpc) is 3.20. The third kappa shape index (κ3) is 44.0. The quantitative estimate of drug-likeness (QED) is 0.0198. The van der Waals surface area contributed by atoms with E-state index in [1.54, 1.807) is 0 Å². The molecule has 0 aromatic heterocycles. The summed E-state index contributed by atoms with van der Waals surface area (Å²) in [4.78, 5) is 37.5. The third-order valence-electron chi connectivity index (χ3n) is 8.48. The van der Waals surface area contributed by atoms with E-state index in [4.69, 9.17) is 18.5 Å². The van der Waals surface area contributed by atoms with Gasteiger partial charge < -0.3 is 27.9 Å². The minimum atomic E-state index is -4.67. The maximum atomic E-state index is 12.7. The van der Waals surface area contributed by atoms with Crippen molar-refractivity contribution in [3.8, 4) is 0 Å². The molecule has 0 aliphatic rings. The number of phosphoric acid groups is 1. The number of allylic oxidation sites excluding steroid dienone is 20. The molecule has 2 atom stereocenters. The standard InChI is InChI=1S/C50H80NO8P/c1-6-8-10-12-14-16-18-20-22-24-25-27-29-31-33-35-37-39-41-43-50(53)59-48(47-58-60(54,55)57-45-44-51(3,4)5)46-56-49(52)42-40-38-36-34-32-30-28-26-23-21-19-17-15-13-11-9-7-2/h9,11,14-17,20-23,25,27-28,30-31,33-34,36-37,39,48H,6-8,10,12-13,18-19,24,26,29,32,35,38,40-47H2,1-5H3/b11-9+,16-14+,17-15+,22-20+,23-21+,27-25+,30-28+,33-31+,36-34+,39-37+/t48-/m1/s1. The van der Waals surface area contributed by atoms with Gasteiger partial charge in [-0.1, -0.05) is 148 Å². The second-order valence-electron chi connectivity index (χ2n) is 15.3. The minimum absolute atomic E-state index is 0.0605. The van der Waals surface area contributed by atoms with Gasteiger partial charge in [-0.25, -0.2) is 0 Å². The minimum Gasteiger partial charge on any atom is -0.756 e. The molecule has 0 rings (SSSR count). The van der Waals surface area contributed by atoms with Crippen LogP contribution in [0.25, 0.3) is 0 Å². The van der Waals surface area contributed by atoms with E-state index in [1.165, 1.54) is 25.7 Å². The van der Waals surface area contributed by atoms with Crippen LogP contribution < -0.4 is 4.89 Å². The Hall–Kier alpha value is -3.59. The molecule has 0 bridgehead atoms. The molecule has 0 aliphatic heterocycles. The Morgan fingerprint density at radius 1 is 0.533 bits per heavy atom. The molecule has 9 nitrogen and oxygen atoms in total. The molecule has 0 spiro atoms. The molecule has 0 fully saturated rings. The van der Waals surface area contributed by atoms with Gasteiger partial charge in [0.25, 0.3) is 7.82 Å². The number of hydrogen-bond acceptors (Lipinski definition) is 8. The number of ether oxygens (including phenoxy) is 2. The molecule has 0 amide bonds. The van der Waals surface area contributed by atoms with Crippen LogP contribution in [0.4, 0.5) is 0 Å². The molecule has 338 valence electrons. The van der Waals surface area contributed by atoms with Crippen molar-refractivity contribution in [1.82, 2.24) is 0 Å². The summed E-state index contributed by atoms with van der Waals surface area (Å²) in [6.45, 7) is 3.89. The molecule has 0 aliphatic carbocycles. The van der Waals surface area contributed by atoms with Crippen LogP contribution in [0, 0.1) is 0 Å². The van der Waals surface area contributed by atoms with Gasteiger partial charge in [0.05, 0.1) is 27.7 Å². The molecule has 60 heavy (non-hydrogen) atoms. The molecule has 0 aromatic carbocycles. The van der Waals surface area contributed by atoms with Crippen molar-refractivity contribution in [1.29, 1.82) is 0 Å². The van der Waals surface area contributed by atoms with Gasteiger partial charge in [-0.2, -0.15) is 0 Å². The molecule has 0 saturated carbocycles. The van der Waals surface area contributed by atoms with Crippen molar-refractivity contribution in [3.05, 3.63) is 122 Å². The van der Waals surface area contributed by atoms with Crippen LogP contribution in [0.3, 0.4) is 0 Å². The summed E-state index contributed by atoms with van der Waals surface area (Å²) in [7, 11) is 1.07. The second kappa shape index (κ2) is 40.8. The van der Waals surface area contributed by atoms with E-state index in [9.17, 15) is 19.0 Å². The van der Waals surface area contributed by atoms with E-state index in [0.717, 1.165) is 57.8 Å². The fraction of sp³-hybridized carbons (Fsp3) is 0.560. The smallest absolute Gasteiger partial charge is 0.306 e. The van der Waals surface area contributed by atoms with E-state index in [0.29, 0.717) is 30.3 Å². The molecule has 0 heterocycles. The Labute approximate surface area is 365 Å². The SMILES string of the molecule is CC/C=C/C/C=C/C/C=C/C/C=C/C/C=C/CCCC(=O)OC[C@H](COP(=O)([O-])OCC[N+](C)(C)C)OC(=O)CC/C=C/C/C=C/C/C=C/C/C=C/C/C=C/CCCCC. The third-order valence-corrected chi connectivity index (χ3v) is 9.44. The number of rotatable bonds is 38. The number of quaternary nitrogens is 1. The number of esters is 2. The maximum absolute atomic E-state index is 12.7. The predicted molar refractivity (Wildman–Crippen MR) is 249 cm³/mol. The van der Waals surface area contributed by atoms with Gasteiger partial charge >= 0.3 is 11.9 Å². The Morgan fingerprint density at radius 3 is 1.42 bits per heavy atom. The zero-order valence-electron chi connectivity index (χ0n) is 37.8. The number of carbonyl (C=O) groups is 2. The lowest BCUT2D eigenvalue weighted by Crippen LogP contribution is -2.37. The van der Waals surface area contributed by atoms with Crippen LogP contribution in [0.15, 0.2) is 122 Å². The molecule has 0 saturated heterocycles. The highest BCUT2D eigenvalue weighted by atomic mass is 31.2. The normalized spacial score (nSPS) is 14.7. The van der Waals surface area contributed by atoms with E-state index in [-0.39, 0.29) is 26.1 Å². The number of likely N-dealkylation sites (N-methyl/N-ethyl adjacent to an activating group) is 1. The molecular formula is C50H80NO8P. The molecule has 10 heteroatoms. The Morgan fingerprint density at radius 2 is 0.967 bits per heavy atom. The van der Waals surface area contributed by atoms with Crippen LogP contribution in [-0.2, 0) is 32.7 Å². The highest BCUT2D eigenvalue weighted by Crippen LogP contribution is 2.38. The van der Waals surface area contributed by atoms with E-state index in [2.05, 4.69) is 117 Å². The van der Waals surface area contributed by atoms with Gasteiger partial charge in [0.2, 0.25) is 0 Å². The van der Waals surface area contributed by atoms with Gasteiger partial charge in [0, 0.05) is 12.8 Å². The van der Waals surface area contributed by atoms with Crippen molar-refractivity contribution < 1.29 is 42.1 Å². The fourth-order valence-corrected chi connectivity index (χ4v) is 5.75. The first kappa shape index (κ1) is 56.4. The van der Waals surface area contributed by atoms with E-state index >= 15 is 0 Å². The summed E-state index contributed by atoms with van der Waals surface area (Å²) in [6, 6.07) is 0. The van der Waals surface area contributed by atoms with Crippen LogP contribution in [0.5, 0.6) is 0 Å². The molecule has 0 radical (unpaired) electrons. The summed E-state index contributed by atoms with van der Waals surface area (Å²) in [5.74, 6) is -1.01. The summed E-state index contributed by atoms with van der Waals surface area (Å²) < 4.78 is 33.7. The zero-order chi connectivity index (χ0) is 44.3. The van der Waals surface area contributed by atoms with Crippen molar-refractivity contribution in [2.45, 2.75) is 136 Å². The Kier molecular flexibility index (Phi) is 38.4. The molecule has 1 unspecified atom stereocenters. The van der Waals surface area contributed by atoms with Gasteiger partial charge in [0.1, 0.15) is 19.8 Å². The first-order chi connectivity index (χ1) is 29.0. The number of carbonyl (C=O) groups excluding carboxylic acids is 2. The van der Waals surface area contributed by atoms with E-state index in [1.807, 2.05) is 39.4 Å². The lowest BCUT2D eigenvalue weighted by atomic mass is 10.2. The zero-order valence-corrected chi connectivity index (χ0v) is 38.7. The number of phosphoric ester groups is 1. The van der Waals surface area contributed by atoms with Crippen LogP contribution in [0.1, 0.15) is 129 Å². The van der Waals surface area contributed by atoms with Crippen LogP contribution in [-0.4, -0.2) is 70.0 Å². The summed E-state index contributed by atoms with van der Waals surface area (Å²) in [5.41, 5.74) is 0. The molecule has 0 aromatic rings. The first-order valence-electron chi connectivity index (χ1n) is 22.2. The lowest BCUT2D eigenvalue weighted by molar-refractivity contribution is -0.870. The summed E-state index contributed by atoms with van der Waals surface area (Å²) in [6.07, 6.45) is 56.8. The van der Waals surface area contributed by atoms with Crippen LogP contribution in [0.2, 0.25) is 0 Å². The number of unbranched alkanes of at least 4 members (excludes halogenated alkanes) is 4. The summed E-state index contributed by atoms with van der Waals surface area (Å²) >= 11 is 0. The predicted octanol–water partition coefficient (Wildman–Crippen LogP) is 12.3. The van der Waals surface area contributed by atoms with Gasteiger partial charge in [-0.15, -0.1) is 0 Å². The topological polar surface area (TPSA) is 111 Å². The van der Waals surface area contributed by atoms with Crippen molar-refractivity contribution in [2.75, 3.05) is 47.5 Å². The van der Waals surface area contributed by atoms with E-state index < -0.39 is 32.5 Å². The lowest BCUT2D eigenvalue weighted by Gasteiger charge is -2.28. The molecule has 0 N–H and O–H groups in total. The highest BCUT2D eigenvalue weighted by molar-refractivity contribution is 7.45. The monoisotopic (exact) mass is 854 g/mol. The van der Waals surface area contributed by atoms with Crippen molar-refractivity contribution >= 4 is 19.8 Å². The van der Waals surface area contributed by atoms with Crippen molar-refractivity contribution in [2.24, 2.45) is 0 Å². The largest absolute Gasteiger partial charge is 0.756 e. The number of nitrogens with zero attached hydrogens (tertiary/aromatic N) is 1. The van der Waals surface area contributed by atoms with Crippen LogP contribution >= 0.6 is 7.82 Å². The van der Waals surface area contributed by atoms with Gasteiger partial charge in [-0.05, 0) is 89.9 Å². The maximum Gasteiger partial charge on any atom is 0.306 e. The average molecular weight is 854 g/mol. The summed E-state index contributed by atoms with van der Waals surface area (Å²) in [5, 5.41) is 0. The van der Waals surface area contributed by atoms with Crippen molar-refractivity contribution in [3.63, 3.8) is 0 Å².